The minimum atomic E-state index is -0.416. The van der Waals surface area contributed by atoms with Crippen molar-refractivity contribution in [3.05, 3.63) is 64.8 Å². The van der Waals surface area contributed by atoms with Gasteiger partial charge in [-0.3, -0.25) is 4.90 Å². The van der Waals surface area contributed by atoms with Gasteiger partial charge in [-0.05, 0) is 69.3 Å². The lowest BCUT2D eigenvalue weighted by molar-refractivity contribution is 0.122. The first-order valence-electron chi connectivity index (χ1n) is 10.5. The van der Waals surface area contributed by atoms with E-state index in [4.69, 9.17) is 26.2 Å². The van der Waals surface area contributed by atoms with Crippen LogP contribution in [-0.4, -0.2) is 46.1 Å². The van der Waals surface area contributed by atoms with E-state index in [1.54, 1.807) is 18.7 Å². The fraction of sp³-hybridized carbons (Fsp3) is 0.375. The topological polar surface area (TPSA) is 59.8 Å². The van der Waals surface area contributed by atoms with Crippen LogP contribution in [-0.2, 0) is 6.54 Å². The molecule has 0 bridgehead atoms. The molecule has 0 fully saturated rings. The van der Waals surface area contributed by atoms with E-state index in [1.807, 2.05) is 55.5 Å². The van der Waals surface area contributed by atoms with E-state index in [0.717, 1.165) is 35.7 Å². The molecule has 166 valence electrons. The number of methoxy groups -OCH3 is 1. The predicted octanol–water partition coefficient (Wildman–Crippen LogP) is 5.23. The van der Waals surface area contributed by atoms with Crippen LogP contribution in [0.15, 0.2) is 48.5 Å². The molecule has 1 heterocycles. The van der Waals surface area contributed by atoms with Crippen molar-refractivity contribution in [1.29, 1.82) is 0 Å². The normalized spacial score (nSPS) is 12.2. The number of aryl methyl sites for hydroxylation is 1. The molecule has 0 amide bonds. The largest absolute Gasteiger partial charge is 0.497 e. The van der Waals surface area contributed by atoms with Gasteiger partial charge in [0.25, 0.3) is 0 Å². The van der Waals surface area contributed by atoms with Gasteiger partial charge in [0.05, 0.1) is 30.2 Å². The van der Waals surface area contributed by atoms with Gasteiger partial charge < -0.3 is 14.6 Å². The summed E-state index contributed by atoms with van der Waals surface area (Å²) >= 11 is 6.24. The Hall–Kier alpha value is -2.54. The van der Waals surface area contributed by atoms with E-state index in [-0.39, 0.29) is 0 Å². The van der Waals surface area contributed by atoms with Crippen molar-refractivity contribution in [1.82, 2.24) is 14.7 Å². The molecule has 1 N–H and O–H groups in total. The number of aliphatic hydroxyl groups excluding tert-OH is 1. The SMILES string of the molecule is CCCN(Cc1c(C)nn(-c2cccc(Cl)c2)c1Oc1ccc(OC)cc1)C[C@H](C)O. The number of ether oxygens (including phenoxy) is 2. The van der Waals surface area contributed by atoms with E-state index < -0.39 is 6.10 Å². The molecule has 0 radical (unpaired) electrons. The number of nitrogens with zero attached hydrogens (tertiary/aromatic N) is 3. The molecule has 0 unspecified atom stereocenters. The Morgan fingerprint density at radius 2 is 1.87 bits per heavy atom. The summed E-state index contributed by atoms with van der Waals surface area (Å²) in [6.45, 7) is 7.98. The molecule has 0 aliphatic heterocycles. The van der Waals surface area contributed by atoms with Gasteiger partial charge in [0, 0.05) is 18.1 Å². The molecular formula is C24H30ClN3O3. The molecule has 0 aliphatic rings. The number of aliphatic hydroxyl groups is 1. The van der Waals surface area contributed by atoms with Gasteiger partial charge in [0.2, 0.25) is 5.88 Å². The summed E-state index contributed by atoms with van der Waals surface area (Å²) in [6, 6.07) is 15.0. The van der Waals surface area contributed by atoms with Crippen LogP contribution in [0, 0.1) is 6.92 Å². The van der Waals surface area contributed by atoms with Crippen LogP contribution < -0.4 is 9.47 Å². The minimum Gasteiger partial charge on any atom is -0.497 e. The van der Waals surface area contributed by atoms with Crippen LogP contribution in [0.25, 0.3) is 5.69 Å². The molecular weight excluding hydrogens is 414 g/mol. The quantitative estimate of drug-likeness (QED) is 0.465. The zero-order valence-corrected chi connectivity index (χ0v) is 19.3. The second kappa shape index (κ2) is 10.7. The van der Waals surface area contributed by atoms with Gasteiger partial charge in [0.1, 0.15) is 11.5 Å². The molecule has 7 heteroatoms. The number of aromatic nitrogens is 2. The number of rotatable bonds is 10. The molecule has 6 nitrogen and oxygen atoms in total. The van der Waals surface area contributed by atoms with Crippen LogP contribution >= 0.6 is 11.6 Å². The summed E-state index contributed by atoms with van der Waals surface area (Å²) in [5.74, 6) is 2.08. The highest BCUT2D eigenvalue weighted by Gasteiger charge is 2.22. The second-order valence-corrected chi connectivity index (χ2v) is 8.06. The number of benzene rings is 2. The zero-order valence-electron chi connectivity index (χ0n) is 18.5. The molecule has 0 spiro atoms. The first-order valence-corrected chi connectivity index (χ1v) is 10.9. The summed E-state index contributed by atoms with van der Waals surface area (Å²) in [5.41, 5.74) is 2.67. The van der Waals surface area contributed by atoms with Crippen molar-refractivity contribution in [2.75, 3.05) is 20.2 Å². The molecule has 3 rings (SSSR count). The number of hydrogen-bond acceptors (Lipinski definition) is 5. The first-order chi connectivity index (χ1) is 14.9. The Kier molecular flexibility index (Phi) is 7.96. The number of hydrogen-bond donors (Lipinski definition) is 1. The highest BCUT2D eigenvalue weighted by atomic mass is 35.5. The maximum absolute atomic E-state index is 9.94. The lowest BCUT2D eigenvalue weighted by atomic mass is 10.2. The van der Waals surface area contributed by atoms with Gasteiger partial charge in [0.15, 0.2) is 0 Å². The maximum atomic E-state index is 9.94. The van der Waals surface area contributed by atoms with Crippen molar-refractivity contribution in [3.63, 3.8) is 0 Å². The summed E-state index contributed by atoms with van der Waals surface area (Å²) in [5, 5.41) is 15.3. The predicted molar refractivity (Wildman–Crippen MR) is 124 cm³/mol. The summed E-state index contributed by atoms with van der Waals surface area (Å²) < 4.78 is 13.4. The van der Waals surface area contributed by atoms with E-state index in [1.165, 1.54) is 0 Å². The molecule has 3 aromatic rings. The zero-order chi connectivity index (χ0) is 22.4. The standard InChI is InChI=1S/C24H30ClN3O3/c1-5-13-27(15-17(2)29)16-23-18(3)26-28(20-8-6-7-19(25)14-20)24(23)31-22-11-9-21(30-4)10-12-22/h6-12,14,17,29H,5,13,15-16H2,1-4H3/t17-/m0/s1. The molecule has 1 atom stereocenters. The lowest BCUT2D eigenvalue weighted by Gasteiger charge is -2.23. The third kappa shape index (κ3) is 6.00. The fourth-order valence-corrected chi connectivity index (χ4v) is 3.70. The molecule has 1 aromatic heterocycles. The molecule has 0 saturated heterocycles. The Balaban J connectivity index is 2.03. The first kappa shape index (κ1) is 23.1. The van der Waals surface area contributed by atoms with Crippen molar-refractivity contribution >= 4 is 11.6 Å². The average molecular weight is 444 g/mol. The Bertz CT molecular complexity index is 986. The van der Waals surface area contributed by atoms with E-state index in [9.17, 15) is 5.11 Å². The third-order valence-electron chi connectivity index (χ3n) is 4.91. The smallest absolute Gasteiger partial charge is 0.227 e. The maximum Gasteiger partial charge on any atom is 0.227 e. The molecule has 0 aliphatic carbocycles. The van der Waals surface area contributed by atoms with E-state index >= 15 is 0 Å². The highest BCUT2D eigenvalue weighted by molar-refractivity contribution is 6.30. The highest BCUT2D eigenvalue weighted by Crippen LogP contribution is 2.33. The van der Waals surface area contributed by atoms with E-state index in [0.29, 0.717) is 29.7 Å². The van der Waals surface area contributed by atoms with E-state index in [2.05, 4.69) is 11.8 Å². The lowest BCUT2D eigenvalue weighted by Crippen LogP contribution is -2.31. The van der Waals surface area contributed by atoms with Crippen molar-refractivity contribution in [2.24, 2.45) is 0 Å². The second-order valence-electron chi connectivity index (χ2n) is 7.62. The average Bonchev–Trinajstić information content (AvgIpc) is 3.04. The van der Waals surface area contributed by atoms with Crippen LogP contribution in [0.4, 0.5) is 0 Å². The van der Waals surface area contributed by atoms with Gasteiger partial charge in [-0.1, -0.05) is 24.6 Å². The Morgan fingerprint density at radius 3 is 2.48 bits per heavy atom. The van der Waals surface area contributed by atoms with Crippen molar-refractivity contribution in [3.8, 4) is 23.1 Å². The van der Waals surface area contributed by atoms with Crippen LogP contribution in [0.1, 0.15) is 31.5 Å². The molecule has 2 aromatic carbocycles. The molecule has 31 heavy (non-hydrogen) atoms. The van der Waals surface area contributed by atoms with Gasteiger partial charge in [-0.15, -0.1) is 0 Å². The van der Waals surface area contributed by atoms with Crippen molar-refractivity contribution < 1.29 is 14.6 Å². The fourth-order valence-electron chi connectivity index (χ4n) is 3.51. The van der Waals surface area contributed by atoms with Gasteiger partial charge in [-0.25, -0.2) is 4.68 Å². The molecule has 0 saturated carbocycles. The van der Waals surface area contributed by atoms with Gasteiger partial charge in [-0.2, -0.15) is 5.10 Å². The summed E-state index contributed by atoms with van der Waals surface area (Å²) in [6.07, 6.45) is 0.573. The van der Waals surface area contributed by atoms with Crippen LogP contribution in [0.3, 0.4) is 0 Å². The minimum absolute atomic E-state index is 0.416. The monoisotopic (exact) mass is 443 g/mol. The number of halogens is 1. The van der Waals surface area contributed by atoms with Crippen LogP contribution in [0.2, 0.25) is 5.02 Å². The van der Waals surface area contributed by atoms with Crippen LogP contribution in [0.5, 0.6) is 17.4 Å². The van der Waals surface area contributed by atoms with Gasteiger partial charge >= 0.3 is 0 Å². The Labute approximate surface area is 189 Å². The third-order valence-corrected chi connectivity index (χ3v) is 5.14. The summed E-state index contributed by atoms with van der Waals surface area (Å²) in [7, 11) is 1.63. The van der Waals surface area contributed by atoms with Crippen molar-refractivity contribution in [2.45, 2.75) is 39.8 Å². The summed E-state index contributed by atoms with van der Waals surface area (Å²) in [4.78, 5) is 2.22. The Morgan fingerprint density at radius 1 is 1.16 bits per heavy atom.